The Morgan fingerprint density at radius 2 is 2.12 bits per heavy atom. The molecule has 2 nitrogen and oxygen atoms in total. The lowest BCUT2D eigenvalue weighted by molar-refractivity contribution is -0.182. The second-order valence-corrected chi connectivity index (χ2v) is 4.49. The van der Waals surface area contributed by atoms with Crippen LogP contribution in [-0.4, -0.2) is 17.2 Å². The van der Waals surface area contributed by atoms with Gasteiger partial charge in [0.05, 0.1) is 11.6 Å². The fourth-order valence-electron chi connectivity index (χ4n) is 2.30. The number of nitrogens with zero attached hydrogens (tertiary/aromatic N) is 1. The van der Waals surface area contributed by atoms with E-state index in [-0.39, 0.29) is 18.9 Å². The standard InChI is InChI=1S/C12H15F3N2/c13-12(14,15)9-3-1-4-10(7-9)17-11-5-2-6-16-8-11/h2,5-6,8-10,17H,1,3-4,7H2. The molecule has 0 amide bonds. The Morgan fingerprint density at radius 3 is 2.76 bits per heavy atom. The highest BCUT2D eigenvalue weighted by molar-refractivity contribution is 5.40. The third-order valence-corrected chi connectivity index (χ3v) is 3.17. The van der Waals surface area contributed by atoms with Crippen LogP contribution in [0.3, 0.4) is 0 Å². The quantitative estimate of drug-likeness (QED) is 0.859. The van der Waals surface area contributed by atoms with Crippen LogP contribution in [-0.2, 0) is 0 Å². The summed E-state index contributed by atoms with van der Waals surface area (Å²) >= 11 is 0. The Kier molecular flexibility index (Phi) is 3.54. The maximum atomic E-state index is 12.6. The van der Waals surface area contributed by atoms with Crippen LogP contribution in [0, 0.1) is 5.92 Å². The first-order valence-corrected chi connectivity index (χ1v) is 5.79. The third kappa shape index (κ3) is 3.35. The van der Waals surface area contributed by atoms with Crippen LogP contribution in [0.5, 0.6) is 0 Å². The molecule has 0 saturated heterocycles. The minimum Gasteiger partial charge on any atom is -0.381 e. The number of rotatable bonds is 2. The van der Waals surface area contributed by atoms with Gasteiger partial charge in [-0.3, -0.25) is 4.98 Å². The Morgan fingerprint density at radius 1 is 1.29 bits per heavy atom. The first kappa shape index (κ1) is 12.2. The average molecular weight is 244 g/mol. The average Bonchev–Trinajstić information content (AvgIpc) is 2.29. The van der Waals surface area contributed by atoms with E-state index in [4.69, 9.17) is 0 Å². The van der Waals surface area contributed by atoms with Crippen LogP contribution < -0.4 is 5.32 Å². The number of hydrogen-bond donors (Lipinski definition) is 1. The second kappa shape index (κ2) is 4.94. The maximum Gasteiger partial charge on any atom is 0.391 e. The molecule has 1 aromatic heterocycles. The molecule has 2 atom stereocenters. The van der Waals surface area contributed by atoms with E-state index in [1.165, 1.54) is 0 Å². The number of pyridine rings is 1. The zero-order chi connectivity index (χ0) is 12.3. The normalized spacial score (nSPS) is 25.6. The van der Waals surface area contributed by atoms with Gasteiger partial charge in [0.25, 0.3) is 0 Å². The van der Waals surface area contributed by atoms with Crippen molar-refractivity contribution in [3.63, 3.8) is 0 Å². The lowest BCUT2D eigenvalue weighted by atomic mass is 9.85. The van der Waals surface area contributed by atoms with Gasteiger partial charge in [-0.25, -0.2) is 0 Å². The first-order valence-electron chi connectivity index (χ1n) is 5.79. The summed E-state index contributed by atoms with van der Waals surface area (Å²) < 4.78 is 37.8. The van der Waals surface area contributed by atoms with Crippen molar-refractivity contribution >= 4 is 5.69 Å². The predicted molar refractivity (Wildman–Crippen MR) is 59.7 cm³/mol. The molecular formula is C12H15F3N2. The van der Waals surface area contributed by atoms with Gasteiger partial charge in [0.1, 0.15) is 0 Å². The Labute approximate surface area is 98.2 Å². The molecule has 2 rings (SSSR count). The fraction of sp³-hybridized carbons (Fsp3) is 0.583. The molecule has 94 valence electrons. The minimum atomic E-state index is -4.06. The van der Waals surface area contributed by atoms with Gasteiger partial charge in [-0.1, -0.05) is 6.42 Å². The summed E-state index contributed by atoms with van der Waals surface area (Å²) in [6.45, 7) is 0. The molecule has 0 aliphatic heterocycles. The van der Waals surface area contributed by atoms with E-state index in [2.05, 4.69) is 10.3 Å². The molecule has 0 bridgehead atoms. The largest absolute Gasteiger partial charge is 0.391 e. The molecule has 5 heteroatoms. The van der Waals surface area contributed by atoms with Crippen LogP contribution in [0.4, 0.5) is 18.9 Å². The zero-order valence-electron chi connectivity index (χ0n) is 9.37. The smallest absolute Gasteiger partial charge is 0.381 e. The molecule has 1 heterocycles. The molecule has 1 saturated carbocycles. The second-order valence-electron chi connectivity index (χ2n) is 4.49. The third-order valence-electron chi connectivity index (χ3n) is 3.17. The SMILES string of the molecule is FC(F)(F)C1CCCC(Nc2cccnc2)C1. The molecule has 1 fully saturated rings. The van der Waals surface area contributed by atoms with Crippen molar-refractivity contribution < 1.29 is 13.2 Å². The van der Waals surface area contributed by atoms with Crippen molar-refractivity contribution in [3.8, 4) is 0 Å². The zero-order valence-corrected chi connectivity index (χ0v) is 9.37. The van der Waals surface area contributed by atoms with Gasteiger partial charge in [0, 0.05) is 18.4 Å². The van der Waals surface area contributed by atoms with Crippen LogP contribution in [0.25, 0.3) is 0 Å². The highest BCUT2D eigenvalue weighted by Gasteiger charge is 2.42. The monoisotopic (exact) mass is 244 g/mol. The highest BCUT2D eigenvalue weighted by Crippen LogP contribution is 2.38. The molecule has 0 aromatic carbocycles. The van der Waals surface area contributed by atoms with Crippen LogP contribution in [0.2, 0.25) is 0 Å². The van der Waals surface area contributed by atoms with Crippen molar-refractivity contribution in [2.45, 2.75) is 37.9 Å². The molecular weight excluding hydrogens is 229 g/mol. The summed E-state index contributed by atoms with van der Waals surface area (Å²) in [6, 6.07) is 3.50. The molecule has 17 heavy (non-hydrogen) atoms. The van der Waals surface area contributed by atoms with E-state index in [9.17, 15) is 13.2 Å². The van der Waals surface area contributed by atoms with Crippen LogP contribution in [0.15, 0.2) is 24.5 Å². The van der Waals surface area contributed by atoms with Gasteiger partial charge in [-0.15, -0.1) is 0 Å². The van der Waals surface area contributed by atoms with Crippen molar-refractivity contribution in [3.05, 3.63) is 24.5 Å². The molecule has 1 aliphatic carbocycles. The van der Waals surface area contributed by atoms with Crippen LogP contribution >= 0.6 is 0 Å². The molecule has 0 spiro atoms. The molecule has 1 N–H and O–H groups in total. The van der Waals surface area contributed by atoms with E-state index < -0.39 is 12.1 Å². The fourth-order valence-corrected chi connectivity index (χ4v) is 2.30. The van der Waals surface area contributed by atoms with Crippen molar-refractivity contribution in [1.29, 1.82) is 0 Å². The number of halogens is 3. The van der Waals surface area contributed by atoms with E-state index in [1.54, 1.807) is 18.5 Å². The first-order chi connectivity index (χ1) is 8.05. The molecule has 1 aliphatic rings. The summed E-state index contributed by atoms with van der Waals surface area (Å²) in [5, 5.41) is 3.12. The molecule has 2 unspecified atom stereocenters. The lowest BCUT2D eigenvalue weighted by Gasteiger charge is -2.31. The van der Waals surface area contributed by atoms with Gasteiger partial charge in [-0.05, 0) is 31.4 Å². The summed E-state index contributed by atoms with van der Waals surface area (Å²) in [6.07, 6.45) is 1.06. The Balaban J connectivity index is 1.94. The number of alkyl halides is 3. The van der Waals surface area contributed by atoms with Gasteiger partial charge in [0.15, 0.2) is 0 Å². The van der Waals surface area contributed by atoms with E-state index in [0.29, 0.717) is 6.42 Å². The number of nitrogens with one attached hydrogen (secondary N) is 1. The topological polar surface area (TPSA) is 24.9 Å². The summed E-state index contributed by atoms with van der Waals surface area (Å²) in [5.41, 5.74) is 0.792. The lowest BCUT2D eigenvalue weighted by Crippen LogP contribution is -2.34. The predicted octanol–water partition coefficient (Wildman–Crippen LogP) is 3.61. The number of aromatic nitrogens is 1. The van der Waals surface area contributed by atoms with Gasteiger partial charge < -0.3 is 5.32 Å². The highest BCUT2D eigenvalue weighted by atomic mass is 19.4. The van der Waals surface area contributed by atoms with Gasteiger partial charge in [-0.2, -0.15) is 13.2 Å². The van der Waals surface area contributed by atoms with E-state index in [0.717, 1.165) is 12.1 Å². The Bertz CT molecular complexity index is 351. The van der Waals surface area contributed by atoms with Gasteiger partial charge in [0.2, 0.25) is 0 Å². The van der Waals surface area contributed by atoms with Crippen LogP contribution in [0.1, 0.15) is 25.7 Å². The maximum absolute atomic E-state index is 12.6. The summed E-state index contributed by atoms with van der Waals surface area (Å²) in [4.78, 5) is 3.93. The summed E-state index contributed by atoms with van der Waals surface area (Å²) in [5.74, 6) is -1.16. The van der Waals surface area contributed by atoms with Crippen molar-refractivity contribution in [1.82, 2.24) is 4.98 Å². The summed E-state index contributed by atoms with van der Waals surface area (Å²) in [7, 11) is 0. The number of anilines is 1. The molecule has 1 aromatic rings. The minimum absolute atomic E-state index is 0.0976. The molecule has 0 radical (unpaired) electrons. The van der Waals surface area contributed by atoms with Crippen molar-refractivity contribution in [2.24, 2.45) is 5.92 Å². The van der Waals surface area contributed by atoms with Crippen molar-refractivity contribution in [2.75, 3.05) is 5.32 Å². The number of hydrogen-bond acceptors (Lipinski definition) is 2. The van der Waals surface area contributed by atoms with E-state index >= 15 is 0 Å². The van der Waals surface area contributed by atoms with Gasteiger partial charge >= 0.3 is 6.18 Å². The Hall–Kier alpha value is -1.26. The van der Waals surface area contributed by atoms with E-state index in [1.807, 2.05) is 6.07 Å².